The van der Waals surface area contributed by atoms with Gasteiger partial charge in [0.1, 0.15) is 0 Å². The van der Waals surface area contributed by atoms with Crippen LogP contribution < -0.4 is 11.4 Å². The van der Waals surface area contributed by atoms with Crippen molar-refractivity contribution < 1.29 is 0 Å². The molecule has 0 fully saturated rings. The van der Waals surface area contributed by atoms with Crippen molar-refractivity contribution in [3.8, 4) is 0 Å². The van der Waals surface area contributed by atoms with Gasteiger partial charge in [-0.25, -0.2) is 19.3 Å². The minimum absolute atomic E-state index is 0.123. The summed E-state index contributed by atoms with van der Waals surface area (Å²) in [7, 11) is 1.22. The second kappa shape index (κ2) is 1.51. The maximum Gasteiger partial charge on any atom is 0.343 e. The summed E-state index contributed by atoms with van der Waals surface area (Å²) >= 11 is 0. The Morgan fingerprint density at radius 1 is 1.56 bits per heavy atom. The van der Waals surface area contributed by atoms with E-state index >= 15 is 0 Å². The Kier molecular flexibility index (Phi) is 0.950. The van der Waals surface area contributed by atoms with Crippen LogP contribution in [0.25, 0.3) is 0 Å². The molecule has 1 rings (SSSR count). The Morgan fingerprint density at radius 3 is 2.22 bits per heavy atom. The molecule has 6 nitrogen and oxygen atoms in total. The smallest absolute Gasteiger partial charge is 0.343 e. The Balaban J connectivity index is 3.68. The monoisotopic (exact) mass is 130 g/mol. The molecule has 0 saturated heterocycles. The second-order valence-corrected chi connectivity index (χ2v) is 1.55. The van der Waals surface area contributed by atoms with Crippen LogP contribution in [0.15, 0.2) is 9.59 Å². The predicted octanol–water partition coefficient (Wildman–Crippen LogP) is -1.78. The van der Waals surface area contributed by atoms with E-state index in [4.69, 9.17) is 0 Å². The third-order valence-electron chi connectivity index (χ3n) is 0.962. The van der Waals surface area contributed by atoms with Crippen molar-refractivity contribution in [1.82, 2.24) is 14.5 Å². The first-order valence-corrected chi connectivity index (χ1v) is 2.18. The van der Waals surface area contributed by atoms with Gasteiger partial charge in [0.15, 0.2) is 0 Å². The summed E-state index contributed by atoms with van der Waals surface area (Å²) < 4.78 is 0.688. The van der Waals surface area contributed by atoms with Crippen LogP contribution in [-0.2, 0) is 7.05 Å². The third kappa shape index (κ3) is 0.638. The molecular formula is C3H4N3O3-. The van der Waals surface area contributed by atoms with E-state index in [1.165, 1.54) is 7.05 Å². The van der Waals surface area contributed by atoms with Crippen molar-refractivity contribution in [2.45, 2.75) is 0 Å². The molecule has 50 valence electrons. The van der Waals surface area contributed by atoms with Gasteiger partial charge in [-0.05, 0) is 0 Å². The van der Waals surface area contributed by atoms with Gasteiger partial charge in [-0.1, -0.05) is 0 Å². The zero-order valence-electron chi connectivity index (χ0n) is 4.62. The molecule has 0 saturated carbocycles. The number of H-pyrrole nitrogens is 1. The first-order chi connectivity index (χ1) is 4.13. The van der Waals surface area contributed by atoms with E-state index in [0.29, 0.717) is 4.57 Å². The van der Waals surface area contributed by atoms with Crippen molar-refractivity contribution >= 4 is 0 Å². The van der Waals surface area contributed by atoms with Gasteiger partial charge in [0.2, 0.25) is 0 Å². The summed E-state index contributed by atoms with van der Waals surface area (Å²) in [6.07, 6.45) is 0. The summed E-state index contributed by atoms with van der Waals surface area (Å²) in [5.74, 6) is 0. The Hall–Kier alpha value is -1.46. The average molecular weight is 130 g/mol. The van der Waals surface area contributed by atoms with Crippen molar-refractivity contribution in [3.63, 3.8) is 0 Å². The molecule has 0 unspecified atom stereocenters. The lowest BCUT2D eigenvalue weighted by atomic mass is 11.0. The van der Waals surface area contributed by atoms with Crippen LogP contribution in [0.4, 0.5) is 0 Å². The Morgan fingerprint density at radius 2 is 2.11 bits per heavy atom. The van der Waals surface area contributed by atoms with E-state index in [9.17, 15) is 14.8 Å². The molecule has 1 aromatic heterocycles. The van der Waals surface area contributed by atoms with Gasteiger partial charge < -0.3 is 5.21 Å². The van der Waals surface area contributed by atoms with E-state index in [-0.39, 0.29) is 4.85 Å². The van der Waals surface area contributed by atoms with Crippen LogP contribution >= 0.6 is 0 Å². The van der Waals surface area contributed by atoms with E-state index in [1.807, 2.05) is 0 Å². The van der Waals surface area contributed by atoms with Crippen molar-refractivity contribution in [1.29, 1.82) is 0 Å². The first kappa shape index (κ1) is 5.67. The van der Waals surface area contributed by atoms with Crippen LogP contribution in [-0.4, -0.2) is 14.5 Å². The zero-order chi connectivity index (χ0) is 7.02. The predicted molar refractivity (Wildman–Crippen MR) is 29.1 cm³/mol. The lowest BCUT2D eigenvalue weighted by Crippen LogP contribution is -2.24. The highest BCUT2D eigenvalue weighted by molar-refractivity contribution is 4.68. The van der Waals surface area contributed by atoms with Crippen LogP contribution in [0.1, 0.15) is 0 Å². The normalized spacial score (nSPS) is 9.89. The molecule has 1 heterocycles. The number of rotatable bonds is 0. The highest BCUT2D eigenvalue weighted by atomic mass is 16.5. The van der Waals surface area contributed by atoms with Gasteiger partial charge in [0.25, 0.3) is 0 Å². The molecular weight excluding hydrogens is 126 g/mol. The maximum atomic E-state index is 10.4. The molecule has 0 aromatic carbocycles. The molecule has 6 heteroatoms. The third-order valence-corrected chi connectivity index (χ3v) is 0.962. The topological polar surface area (TPSA) is 82.8 Å². The fourth-order valence-corrected chi connectivity index (χ4v) is 0.433. The number of nitrogens with zero attached hydrogens (tertiary/aromatic N) is 2. The summed E-state index contributed by atoms with van der Waals surface area (Å²) in [5.41, 5.74) is -1.59. The molecule has 0 amide bonds. The SMILES string of the molecule is Cn1c(=O)[nH]n([O-])c1=O. The minimum Gasteiger partial charge on any atom is -0.788 e. The summed E-state index contributed by atoms with van der Waals surface area (Å²) in [4.78, 5) is 20.6. The van der Waals surface area contributed by atoms with Gasteiger partial charge in [-0.15, -0.1) is 0 Å². The number of hydrogen-bond donors (Lipinski definition) is 1. The van der Waals surface area contributed by atoms with Crippen LogP contribution in [0, 0.1) is 5.21 Å². The number of aromatic amines is 1. The molecule has 1 N–H and O–H groups in total. The molecule has 1 aromatic rings. The highest BCUT2D eigenvalue weighted by Crippen LogP contribution is 1.56. The van der Waals surface area contributed by atoms with Gasteiger partial charge in [-0.3, -0.25) is 4.85 Å². The van der Waals surface area contributed by atoms with E-state index in [0.717, 1.165) is 0 Å². The van der Waals surface area contributed by atoms with Crippen LogP contribution in [0.5, 0.6) is 0 Å². The quantitative estimate of drug-likeness (QED) is 0.450. The van der Waals surface area contributed by atoms with E-state index in [1.54, 1.807) is 5.10 Å². The summed E-state index contributed by atoms with van der Waals surface area (Å²) in [6, 6.07) is 0. The molecule has 0 atom stereocenters. The fraction of sp³-hybridized carbons (Fsp3) is 0.333. The number of nitrogens with one attached hydrogen (secondary N) is 1. The average Bonchev–Trinajstić information content (AvgIpc) is 1.98. The Bertz CT molecular complexity index is 316. The molecule has 0 radical (unpaired) electrons. The minimum atomic E-state index is -0.889. The van der Waals surface area contributed by atoms with Crippen molar-refractivity contribution in [2.75, 3.05) is 0 Å². The molecule has 0 spiro atoms. The maximum absolute atomic E-state index is 10.4. The second-order valence-electron chi connectivity index (χ2n) is 1.55. The van der Waals surface area contributed by atoms with Crippen LogP contribution in [0.3, 0.4) is 0 Å². The van der Waals surface area contributed by atoms with E-state index < -0.39 is 11.4 Å². The highest BCUT2D eigenvalue weighted by Gasteiger charge is 1.94. The van der Waals surface area contributed by atoms with E-state index in [2.05, 4.69) is 0 Å². The van der Waals surface area contributed by atoms with Crippen molar-refractivity contribution in [2.24, 2.45) is 7.05 Å². The summed E-state index contributed by atoms with van der Waals surface area (Å²) in [6.45, 7) is 0. The van der Waals surface area contributed by atoms with Gasteiger partial charge >= 0.3 is 11.4 Å². The van der Waals surface area contributed by atoms with Gasteiger partial charge in [0.05, 0.1) is 0 Å². The van der Waals surface area contributed by atoms with Crippen molar-refractivity contribution in [3.05, 3.63) is 26.2 Å². The Labute approximate surface area is 48.9 Å². The standard InChI is InChI=1S/C3H4N3O3/c1-5-2(7)4-6(9)3(5)8/h1H3,(H,4,7)/q-1. The zero-order valence-corrected chi connectivity index (χ0v) is 4.62. The largest absolute Gasteiger partial charge is 0.788 e. The molecule has 0 aliphatic rings. The lowest BCUT2D eigenvalue weighted by Gasteiger charge is -1.96. The van der Waals surface area contributed by atoms with Gasteiger partial charge in [0, 0.05) is 7.05 Å². The molecule has 0 aliphatic heterocycles. The number of hydrogen-bond acceptors (Lipinski definition) is 3. The summed E-state index contributed by atoms with van der Waals surface area (Å²) in [5, 5.41) is 11.9. The van der Waals surface area contributed by atoms with Gasteiger partial charge in [-0.2, -0.15) is 0 Å². The number of aromatic nitrogens is 3. The molecule has 9 heavy (non-hydrogen) atoms. The fourth-order valence-electron chi connectivity index (χ4n) is 0.433. The molecule has 0 aliphatic carbocycles. The molecule has 0 bridgehead atoms. The van der Waals surface area contributed by atoms with Crippen LogP contribution in [0.2, 0.25) is 0 Å². The lowest BCUT2D eigenvalue weighted by molar-refractivity contribution is 0.798. The first-order valence-electron chi connectivity index (χ1n) is 2.18.